The van der Waals surface area contributed by atoms with Gasteiger partial charge in [-0.2, -0.15) is 0 Å². The summed E-state index contributed by atoms with van der Waals surface area (Å²) in [5.41, 5.74) is -0.505. The van der Waals surface area contributed by atoms with Gasteiger partial charge in [-0.25, -0.2) is 22.3 Å². The Labute approximate surface area is 121 Å². The molecule has 1 amide bonds. The molecule has 0 unspecified atom stereocenters. The summed E-state index contributed by atoms with van der Waals surface area (Å²) in [6, 6.07) is 0.939. The molecule has 0 aliphatic heterocycles. The number of rotatable bonds is 6. The summed E-state index contributed by atoms with van der Waals surface area (Å²) in [6.07, 6.45) is 0. The summed E-state index contributed by atoms with van der Waals surface area (Å²) in [4.78, 5) is 12.8. The lowest BCUT2D eigenvalue weighted by atomic mass is 10.2. The van der Waals surface area contributed by atoms with E-state index >= 15 is 0 Å². The summed E-state index contributed by atoms with van der Waals surface area (Å²) in [5, 5.41) is 4.94. The molecule has 118 valence electrons. The van der Waals surface area contributed by atoms with Crippen LogP contribution in [-0.2, 0) is 14.8 Å². The minimum atomic E-state index is -4.37. The lowest BCUT2D eigenvalue weighted by Crippen LogP contribution is -2.35. The van der Waals surface area contributed by atoms with E-state index in [1.165, 1.54) is 12.0 Å². The first-order valence-electron chi connectivity index (χ1n) is 6.02. The quantitative estimate of drug-likeness (QED) is 0.835. The number of carbonyl (C=O) groups is 1. The van der Waals surface area contributed by atoms with E-state index in [9.17, 15) is 22.0 Å². The molecule has 0 saturated heterocycles. The highest BCUT2D eigenvalue weighted by molar-refractivity contribution is 7.89. The molecule has 21 heavy (non-hydrogen) atoms. The first kappa shape index (κ1) is 17.5. The second-order valence-corrected chi connectivity index (χ2v) is 5.71. The van der Waals surface area contributed by atoms with Crippen LogP contribution in [0.15, 0.2) is 17.0 Å². The fourth-order valence-corrected chi connectivity index (χ4v) is 2.43. The number of likely N-dealkylation sites (N-methyl/N-ethyl adjacent to an activating group) is 1. The van der Waals surface area contributed by atoms with Gasteiger partial charge in [0.1, 0.15) is 0 Å². The van der Waals surface area contributed by atoms with Gasteiger partial charge in [0.2, 0.25) is 10.0 Å². The molecule has 1 rings (SSSR count). The second kappa shape index (κ2) is 6.92. The molecule has 0 aliphatic carbocycles. The van der Waals surface area contributed by atoms with E-state index in [4.69, 9.17) is 9.88 Å². The van der Waals surface area contributed by atoms with Crippen LogP contribution in [0.5, 0.6) is 0 Å². The monoisotopic (exact) mass is 322 g/mol. The Morgan fingerprint density at radius 3 is 2.38 bits per heavy atom. The van der Waals surface area contributed by atoms with Crippen LogP contribution in [0.1, 0.15) is 17.3 Å². The van der Waals surface area contributed by atoms with Gasteiger partial charge in [0.05, 0.1) is 17.1 Å². The number of carbonyl (C=O) groups excluding carboxylic acids is 1. The number of hydrogen-bond acceptors (Lipinski definition) is 4. The van der Waals surface area contributed by atoms with Gasteiger partial charge in [-0.15, -0.1) is 0 Å². The van der Waals surface area contributed by atoms with Crippen molar-refractivity contribution in [3.63, 3.8) is 0 Å². The van der Waals surface area contributed by atoms with Crippen molar-refractivity contribution in [3.05, 3.63) is 29.3 Å². The molecule has 0 fully saturated rings. The maximum Gasteiger partial charge on any atom is 0.255 e. The van der Waals surface area contributed by atoms with Crippen LogP contribution in [0, 0.1) is 11.6 Å². The van der Waals surface area contributed by atoms with Gasteiger partial charge in [0.25, 0.3) is 5.91 Å². The van der Waals surface area contributed by atoms with Crippen LogP contribution >= 0.6 is 0 Å². The van der Waals surface area contributed by atoms with E-state index in [0.29, 0.717) is 12.1 Å². The highest BCUT2D eigenvalue weighted by atomic mass is 32.2. The van der Waals surface area contributed by atoms with Crippen molar-refractivity contribution in [1.82, 2.24) is 4.90 Å². The molecule has 0 spiro atoms. The lowest BCUT2D eigenvalue weighted by molar-refractivity contribution is 0.0702. The number of ether oxygens (including phenoxy) is 1. The van der Waals surface area contributed by atoms with Crippen LogP contribution in [0.3, 0.4) is 0 Å². The van der Waals surface area contributed by atoms with E-state index in [1.807, 2.05) is 0 Å². The molecule has 0 radical (unpaired) electrons. The third kappa shape index (κ3) is 4.19. The Balaban J connectivity index is 3.34. The van der Waals surface area contributed by atoms with Crippen molar-refractivity contribution in [2.75, 3.05) is 26.8 Å². The Bertz CT molecular complexity index is 634. The Morgan fingerprint density at radius 2 is 1.90 bits per heavy atom. The lowest BCUT2D eigenvalue weighted by Gasteiger charge is -2.21. The van der Waals surface area contributed by atoms with Gasteiger partial charge < -0.3 is 9.64 Å². The number of hydrogen-bond donors (Lipinski definition) is 1. The number of halogens is 2. The summed E-state index contributed by atoms with van der Waals surface area (Å²) in [7, 11) is -2.93. The third-order valence-corrected chi connectivity index (χ3v) is 3.74. The molecule has 0 saturated carbocycles. The zero-order valence-corrected chi connectivity index (χ0v) is 12.4. The van der Waals surface area contributed by atoms with E-state index in [1.54, 1.807) is 6.92 Å². The largest absolute Gasteiger partial charge is 0.383 e. The van der Waals surface area contributed by atoms with Crippen molar-refractivity contribution in [1.29, 1.82) is 0 Å². The highest BCUT2D eigenvalue weighted by Gasteiger charge is 2.25. The smallest absolute Gasteiger partial charge is 0.255 e. The molecule has 2 N–H and O–H groups in total. The number of nitrogens with two attached hydrogens (primary N) is 1. The van der Waals surface area contributed by atoms with Gasteiger partial charge in [-0.05, 0) is 19.1 Å². The average Bonchev–Trinajstić information content (AvgIpc) is 2.40. The number of sulfonamides is 1. The van der Waals surface area contributed by atoms with Crippen LogP contribution in [0.4, 0.5) is 8.78 Å². The summed E-state index contributed by atoms with van der Waals surface area (Å²) in [5.74, 6) is -3.48. The molecule has 6 nitrogen and oxygen atoms in total. The van der Waals surface area contributed by atoms with Gasteiger partial charge >= 0.3 is 0 Å². The fraction of sp³-hybridized carbons (Fsp3) is 0.417. The molecule has 9 heteroatoms. The predicted molar refractivity (Wildman–Crippen MR) is 71.2 cm³/mol. The second-order valence-electron chi connectivity index (χ2n) is 4.19. The van der Waals surface area contributed by atoms with Crippen molar-refractivity contribution in [2.45, 2.75) is 11.8 Å². The van der Waals surface area contributed by atoms with Crippen LogP contribution < -0.4 is 5.14 Å². The Morgan fingerprint density at radius 1 is 1.33 bits per heavy atom. The highest BCUT2D eigenvalue weighted by Crippen LogP contribution is 2.20. The zero-order chi connectivity index (χ0) is 16.2. The minimum absolute atomic E-state index is 0.175. The topological polar surface area (TPSA) is 89.7 Å². The number of primary sulfonamides is 1. The van der Waals surface area contributed by atoms with Crippen LogP contribution in [-0.4, -0.2) is 46.0 Å². The molecule has 0 aliphatic rings. The first-order valence-corrected chi connectivity index (χ1v) is 7.57. The summed E-state index contributed by atoms with van der Waals surface area (Å²) < 4.78 is 54.2. The maximum atomic E-state index is 13.3. The minimum Gasteiger partial charge on any atom is -0.383 e. The number of nitrogens with zero attached hydrogens (tertiary/aromatic N) is 1. The van der Waals surface area contributed by atoms with Gasteiger partial charge in [-0.1, -0.05) is 0 Å². The number of amides is 1. The first-order chi connectivity index (χ1) is 9.72. The Kier molecular flexibility index (Phi) is 5.76. The maximum absolute atomic E-state index is 13.3. The van der Waals surface area contributed by atoms with Crippen LogP contribution in [0.2, 0.25) is 0 Å². The van der Waals surface area contributed by atoms with E-state index < -0.39 is 38.0 Å². The van der Waals surface area contributed by atoms with Crippen molar-refractivity contribution >= 4 is 15.9 Å². The molecule has 0 heterocycles. The number of methoxy groups -OCH3 is 1. The van der Waals surface area contributed by atoms with Crippen molar-refractivity contribution in [3.8, 4) is 0 Å². The predicted octanol–water partition coefficient (Wildman–Crippen LogP) is 0.721. The molecule has 1 aromatic carbocycles. The molecule has 0 atom stereocenters. The van der Waals surface area contributed by atoms with E-state index in [-0.39, 0.29) is 19.7 Å². The Hall–Kier alpha value is -1.58. The van der Waals surface area contributed by atoms with Crippen molar-refractivity contribution in [2.24, 2.45) is 5.14 Å². The number of benzene rings is 1. The molecule has 0 aromatic heterocycles. The van der Waals surface area contributed by atoms with Crippen molar-refractivity contribution < 1.29 is 26.7 Å². The third-order valence-electron chi connectivity index (χ3n) is 2.79. The van der Waals surface area contributed by atoms with Gasteiger partial charge in [-0.3, -0.25) is 4.79 Å². The standard InChI is InChI=1S/C12H16F2N2O4S/c1-3-16(4-5-20-2)12(17)8-6-9(13)10(14)7-11(8)21(15,18)19/h6-7H,3-5H2,1-2H3,(H2,15,18,19). The SMILES string of the molecule is CCN(CCOC)C(=O)c1cc(F)c(F)cc1S(N)(=O)=O. The fourth-order valence-electron chi connectivity index (χ4n) is 1.71. The molecule has 1 aromatic rings. The molecular formula is C12H16F2N2O4S. The summed E-state index contributed by atoms with van der Waals surface area (Å²) >= 11 is 0. The van der Waals surface area contributed by atoms with Gasteiger partial charge in [0, 0.05) is 20.2 Å². The summed E-state index contributed by atoms with van der Waals surface area (Å²) in [6.45, 7) is 2.29. The van der Waals surface area contributed by atoms with E-state index in [0.717, 1.165) is 0 Å². The van der Waals surface area contributed by atoms with Gasteiger partial charge in [0.15, 0.2) is 11.6 Å². The normalized spacial score (nSPS) is 11.5. The van der Waals surface area contributed by atoms with E-state index in [2.05, 4.69) is 0 Å². The zero-order valence-electron chi connectivity index (χ0n) is 11.6. The molecular weight excluding hydrogens is 306 g/mol. The average molecular weight is 322 g/mol. The molecule has 0 bridgehead atoms. The van der Waals surface area contributed by atoms with Crippen LogP contribution in [0.25, 0.3) is 0 Å².